The summed E-state index contributed by atoms with van der Waals surface area (Å²) in [6, 6.07) is 12.0. The number of benzene rings is 2. The predicted octanol–water partition coefficient (Wildman–Crippen LogP) is 8.56. The van der Waals surface area contributed by atoms with Crippen molar-refractivity contribution in [1.82, 2.24) is 34.8 Å². The van der Waals surface area contributed by atoms with Crippen LogP contribution in [0, 0.1) is 35.9 Å². The molecule has 1 N–H and O–H groups in total. The maximum atomic E-state index is 17.2. The summed E-state index contributed by atoms with van der Waals surface area (Å²) in [7, 11) is 0. The first kappa shape index (κ1) is 33.5. The van der Waals surface area contributed by atoms with Crippen molar-refractivity contribution in [2.24, 2.45) is 11.8 Å². The number of aryl methyl sites for hydroxylation is 2. The van der Waals surface area contributed by atoms with Gasteiger partial charge in [0, 0.05) is 76.4 Å². The summed E-state index contributed by atoms with van der Waals surface area (Å²) in [6.45, 7) is 5.72. The molecule has 6 fully saturated rings. The molecule has 2 aromatic carbocycles. The second-order valence-corrected chi connectivity index (χ2v) is 17.2. The lowest BCUT2D eigenvalue weighted by atomic mass is 9.68. The van der Waals surface area contributed by atoms with Crippen LogP contribution in [0.3, 0.4) is 0 Å². The number of likely N-dealkylation sites (tertiary alicyclic amines) is 1. The van der Waals surface area contributed by atoms with Gasteiger partial charge in [-0.05, 0) is 81.5 Å². The smallest absolute Gasteiger partial charge is 0.226 e. The zero-order chi connectivity index (χ0) is 36.3. The van der Waals surface area contributed by atoms with E-state index < -0.39 is 5.82 Å². The molecule has 6 heterocycles. The molecular weight excluding hydrogens is 710 g/mol. The van der Waals surface area contributed by atoms with E-state index in [0.29, 0.717) is 52.4 Å². The molecule has 3 aromatic heterocycles. The van der Waals surface area contributed by atoms with E-state index in [4.69, 9.17) is 28.2 Å². The SMILES string of the molecule is Cc1nc2c(F)c(-c3cccc(Cl)c3Cl)c(CCC#N)cc2c2c1cc([C@H]1C[C@H](n3cc(C4(C)CCC4)nn3)CN1C(=O)C1CC1)n2[C@H]1[C@H]2CN[C@@H]1C2. The van der Waals surface area contributed by atoms with Crippen LogP contribution < -0.4 is 5.32 Å². The van der Waals surface area contributed by atoms with Crippen LogP contribution in [0.25, 0.3) is 32.9 Å². The Morgan fingerprint density at radius 1 is 1.17 bits per heavy atom. The molecule has 1 amide bonds. The van der Waals surface area contributed by atoms with Crippen molar-refractivity contribution < 1.29 is 9.18 Å². The predicted molar refractivity (Wildman–Crippen MR) is 202 cm³/mol. The van der Waals surface area contributed by atoms with Crippen molar-refractivity contribution in [2.45, 2.75) is 101 Å². The number of hydrogen-bond acceptors (Lipinski definition) is 6. The Balaban J connectivity index is 1.18. The lowest BCUT2D eigenvalue weighted by molar-refractivity contribution is -0.133. The van der Waals surface area contributed by atoms with Crippen LogP contribution in [-0.4, -0.2) is 54.5 Å². The van der Waals surface area contributed by atoms with Gasteiger partial charge in [0.15, 0.2) is 5.82 Å². The van der Waals surface area contributed by atoms with Crippen molar-refractivity contribution in [1.29, 1.82) is 5.26 Å². The van der Waals surface area contributed by atoms with Gasteiger partial charge in [-0.2, -0.15) is 5.26 Å². The minimum Gasteiger partial charge on any atom is -0.337 e. The highest BCUT2D eigenvalue weighted by Crippen LogP contribution is 2.52. The van der Waals surface area contributed by atoms with E-state index in [1.807, 2.05) is 17.7 Å². The first-order valence-corrected chi connectivity index (χ1v) is 19.8. The first-order valence-electron chi connectivity index (χ1n) is 19.1. The Kier molecular flexibility index (Phi) is 7.74. The molecule has 0 spiro atoms. The number of nitrogens with one attached hydrogen (secondary N) is 1. The number of nitrogens with zero attached hydrogens (tertiary/aromatic N) is 7. The Morgan fingerprint density at radius 2 is 2.00 bits per heavy atom. The van der Waals surface area contributed by atoms with Gasteiger partial charge in [0.25, 0.3) is 0 Å². The van der Waals surface area contributed by atoms with Crippen molar-refractivity contribution in [3.63, 3.8) is 0 Å². The standard InChI is InChI=1S/C41H41Cl2FN8O/c1-21-27-17-32(31-16-25(19-50(31)40(53)22-9-10-22)51-20-33(48-49-51)41(2)11-5-12-41)52(38-24-15-30(38)46-18-24)39(27)28-14-23(6-4-13-45)34(36(44)37(28)47-21)26-7-3-8-29(42)35(26)43/h3,7-8,14,17,20,22,24-25,30-31,38,46H,4-6,9-12,15-16,18-19H2,1-2H3/t24-,25+,30-,31-,38+/m1/s1. The summed E-state index contributed by atoms with van der Waals surface area (Å²) in [5.74, 6) is 0.231. The first-order chi connectivity index (χ1) is 25.6. The van der Waals surface area contributed by atoms with Gasteiger partial charge in [-0.25, -0.2) is 14.1 Å². The van der Waals surface area contributed by atoms with Gasteiger partial charge in [-0.15, -0.1) is 5.10 Å². The van der Waals surface area contributed by atoms with Gasteiger partial charge in [-0.1, -0.05) is 53.9 Å². The summed E-state index contributed by atoms with van der Waals surface area (Å²) >= 11 is 13.1. The number of rotatable bonds is 8. The molecule has 3 saturated heterocycles. The monoisotopic (exact) mass is 750 g/mol. The summed E-state index contributed by atoms with van der Waals surface area (Å²) in [5, 5.41) is 24.9. The number of pyridine rings is 1. The molecule has 0 radical (unpaired) electrons. The largest absolute Gasteiger partial charge is 0.337 e. The van der Waals surface area contributed by atoms with Crippen molar-refractivity contribution in [3.05, 3.63) is 75.0 Å². The summed E-state index contributed by atoms with van der Waals surface area (Å²) in [6.07, 6.45) is 9.79. The molecule has 0 unspecified atom stereocenters. The van der Waals surface area contributed by atoms with Crippen LogP contribution in [0.1, 0.15) is 99.1 Å². The van der Waals surface area contributed by atoms with Crippen LogP contribution in [0.5, 0.6) is 0 Å². The fourth-order valence-corrected chi connectivity index (χ4v) is 10.3. The summed E-state index contributed by atoms with van der Waals surface area (Å²) < 4.78 is 21.7. The van der Waals surface area contributed by atoms with Gasteiger partial charge in [-0.3, -0.25) is 4.79 Å². The molecule has 5 atom stereocenters. The molecule has 272 valence electrons. The topological polar surface area (TPSA) is 105 Å². The van der Waals surface area contributed by atoms with Crippen LogP contribution in [-0.2, 0) is 16.6 Å². The molecule has 3 saturated carbocycles. The maximum Gasteiger partial charge on any atom is 0.226 e. The van der Waals surface area contributed by atoms with Crippen LogP contribution in [0.15, 0.2) is 36.5 Å². The maximum absolute atomic E-state index is 17.2. The van der Waals surface area contributed by atoms with Gasteiger partial charge in [0.2, 0.25) is 5.91 Å². The zero-order valence-electron chi connectivity index (χ0n) is 29.9. The average molecular weight is 752 g/mol. The van der Waals surface area contributed by atoms with Crippen molar-refractivity contribution in [3.8, 4) is 17.2 Å². The fraction of sp³-hybridized carbons (Fsp3) is 0.488. The number of carbonyl (C=O) groups is 1. The lowest BCUT2D eigenvalue weighted by Gasteiger charge is -2.39. The van der Waals surface area contributed by atoms with Crippen molar-refractivity contribution in [2.75, 3.05) is 13.1 Å². The van der Waals surface area contributed by atoms with Gasteiger partial charge in [0.05, 0.1) is 45.5 Å². The molecule has 53 heavy (non-hydrogen) atoms. The van der Waals surface area contributed by atoms with Crippen LogP contribution in [0.2, 0.25) is 10.0 Å². The third-order valence-corrected chi connectivity index (χ3v) is 14.0. The number of aromatic nitrogens is 5. The number of halogens is 3. The quantitative estimate of drug-likeness (QED) is 0.171. The normalized spacial score (nSPS) is 25.9. The van der Waals surface area contributed by atoms with Crippen LogP contribution in [0.4, 0.5) is 4.39 Å². The minimum absolute atomic E-state index is 0.00803. The lowest BCUT2D eigenvalue weighted by Crippen LogP contribution is -2.41. The molecule has 9 nitrogen and oxygen atoms in total. The molecule has 3 aliphatic heterocycles. The number of carbonyl (C=O) groups excluding carboxylic acids is 1. The number of amides is 1. The van der Waals surface area contributed by atoms with E-state index in [1.54, 1.807) is 18.2 Å². The highest BCUT2D eigenvalue weighted by Gasteiger charge is 2.51. The Labute approximate surface area is 317 Å². The zero-order valence-corrected chi connectivity index (χ0v) is 31.4. The molecular formula is C41H41Cl2FN8O. The molecule has 2 bridgehead atoms. The number of fused-ring (bicyclic) bond motifs is 4. The van der Waals surface area contributed by atoms with E-state index in [1.165, 1.54) is 6.42 Å². The molecule has 3 aliphatic carbocycles. The van der Waals surface area contributed by atoms with E-state index in [9.17, 15) is 10.1 Å². The highest BCUT2D eigenvalue weighted by atomic mass is 35.5. The minimum atomic E-state index is -0.470. The average Bonchev–Trinajstić information content (AvgIpc) is 3.63. The highest BCUT2D eigenvalue weighted by molar-refractivity contribution is 6.43. The number of nitriles is 1. The summed E-state index contributed by atoms with van der Waals surface area (Å²) in [4.78, 5) is 21.2. The van der Waals surface area contributed by atoms with E-state index in [-0.39, 0.29) is 58.4 Å². The van der Waals surface area contributed by atoms with Gasteiger partial charge >= 0.3 is 0 Å². The second kappa shape index (κ2) is 12.2. The molecule has 5 aromatic rings. The Morgan fingerprint density at radius 3 is 2.70 bits per heavy atom. The second-order valence-electron chi connectivity index (χ2n) is 16.4. The van der Waals surface area contributed by atoms with Gasteiger partial charge in [0.1, 0.15) is 5.52 Å². The molecule has 11 rings (SSSR count). The third kappa shape index (κ3) is 5.10. The van der Waals surface area contributed by atoms with Crippen LogP contribution >= 0.6 is 23.2 Å². The van der Waals surface area contributed by atoms with Crippen molar-refractivity contribution >= 4 is 50.9 Å². The van der Waals surface area contributed by atoms with E-state index in [2.05, 4.69) is 50.4 Å². The van der Waals surface area contributed by atoms with Gasteiger partial charge < -0.3 is 14.8 Å². The van der Waals surface area contributed by atoms with E-state index >= 15 is 4.39 Å². The number of hydrogen-bond donors (Lipinski definition) is 1. The fourth-order valence-electron chi connectivity index (χ4n) is 9.89. The summed E-state index contributed by atoms with van der Waals surface area (Å²) in [5.41, 5.74) is 5.62. The third-order valence-electron chi connectivity index (χ3n) is 13.2. The Bertz CT molecular complexity index is 2370. The molecule has 6 aliphatic rings. The van der Waals surface area contributed by atoms with E-state index in [0.717, 1.165) is 66.6 Å². The Hall–Kier alpha value is -4.04. The molecule has 12 heteroatoms.